The van der Waals surface area contributed by atoms with Gasteiger partial charge in [0.2, 0.25) is 0 Å². The molecule has 0 atom stereocenters. The number of imide groups is 2. The molecule has 0 aromatic heterocycles. The molecule has 1 aromatic carbocycles. The molecule has 0 saturated carbocycles. The van der Waals surface area contributed by atoms with Crippen LogP contribution in [0.4, 0.5) is 4.79 Å². The molecular formula is C15H14IN3O6. The van der Waals surface area contributed by atoms with Crippen molar-refractivity contribution >= 4 is 52.4 Å². The van der Waals surface area contributed by atoms with Crippen molar-refractivity contribution in [1.82, 2.24) is 10.6 Å². The molecular weight excluding hydrogens is 445 g/mol. The van der Waals surface area contributed by atoms with E-state index in [9.17, 15) is 19.2 Å². The van der Waals surface area contributed by atoms with Gasteiger partial charge in [0.25, 0.3) is 17.7 Å². The van der Waals surface area contributed by atoms with Crippen LogP contribution in [0.1, 0.15) is 12.5 Å². The van der Waals surface area contributed by atoms with Crippen molar-refractivity contribution in [2.75, 3.05) is 13.2 Å². The number of urea groups is 1. The van der Waals surface area contributed by atoms with E-state index in [-0.39, 0.29) is 12.2 Å². The third kappa shape index (κ3) is 4.68. The molecule has 0 radical (unpaired) electrons. The summed E-state index contributed by atoms with van der Waals surface area (Å²) < 4.78 is 11.4. The lowest BCUT2D eigenvalue weighted by Crippen LogP contribution is -2.51. The van der Waals surface area contributed by atoms with Crippen LogP contribution in [0.15, 0.2) is 17.7 Å². The van der Waals surface area contributed by atoms with Crippen molar-refractivity contribution in [2.24, 2.45) is 5.73 Å². The first-order chi connectivity index (χ1) is 11.8. The van der Waals surface area contributed by atoms with Crippen LogP contribution in [0.2, 0.25) is 0 Å². The Balaban J connectivity index is 2.40. The molecule has 1 saturated heterocycles. The zero-order valence-electron chi connectivity index (χ0n) is 13.1. The number of ether oxygens (including phenoxy) is 2. The molecule has 0 bridgehead atoms. The van der Waals surface area contributed by atoms with Crippen LogP contribution < -0.4 is 25.8 Å². The van der Waals surface area contributed by atoms with Crippen molar-refractivity contribution in [3.05, 3.63) is 26.8 Å². The molecule has 1 aromatic rings. The lowest BCUT2D eigenvalue weighted by Gasteiger charge is -2.16. The maximum Gasteiger partial charge on any atom is 0.328 e. The molecule has 25 heavy (non-hydrogen) atoms. The molecule has 4 N–H and O–H groups in total. The van der Waals surface area contributed by atoms with Gasteiger partial charge in [-0.3, -0.25) is 25.0 Å². The van der Waals surface area contributed by atoms with E-state index in [2.05, 4.69) is 0 Å². The van der Waals surface area contributed by atoms with E-state index in [0.717, 1.165) is 0 Å². The summed E-state index contributed by atoms with van der Waals surface area (Å²) in [7, 11) is 0. The van der Waals surface area contributed by atoms with E-state index < -0.39 is 23.8 Å². The Morgan fingerprint density at radius 3 is 2.40 bits per heavy atom. The summed E-state index contributed by atoms with van der Waals surface area (Å²) in [4.78, 5) is 45.6. The number of nitrogens with two attached hydrogens (primary N) is 1. The molecule has 1 heterocycles. The summed E-state index contributed by atoms with van der Waals surface area (Å²) in [6.07, 6.45) is 1.32. The van der Waals surface area contributed by atoms with Gasteiger partial charge in [-0.1, -0.05) is 0 Å². The smallest absolute Gasteiger partial charge is 0.328 e. The van der Waals surface area contributed by atoms with Crippen LogP contribution in [0, 0.1) is 3.57 Å². The van der Waals surface area contributed by atoms with E-state index in [1.807, 2.05) is 33.2 Å². The quantitative estimate of drug-likeness (QED) is 0.318. The Morgan fingerprint density at radius 2 is 1.84 bits per heavy atom. The number of halogens is 1. The van der Waals surface area contributed by atoms with E-state index >= 15 is 0 Å². The van der Waals surface area contributed by atoms with Crippen LogP contribution in [0.3, 0.4) is 0 Å². The van der Waals surface area contributed by atoms with Crippen LogP contribution in [-0.4, -0.2) is 37.0 Å². The first-order valence-corrected chi connectivity index (χ1v) is 8.15. The SMILES string of the molecule is CCOc1cc(C=C2C(=O)NC(=O)NC2=O)cc(I)c1OCC(N)=O. The fourth-order valence-electron chi connectivity index (χ4n) is 1.99. The Labute approximate surface area is 156 Å². The topological polar surface area (TPSA) is 137 Å². The van der Waals surface area contributed by atoms with Gasteiger partial charge in [-0.2, -0.15) is 0 Å². The Kier molecular flexibility index (Phi) is 5.96. The number of nitrogens with one attached hydrogen (secondary N) is 2. The number of hydrogen-bond acceptors (Lipinski definition) is 6. The second kappa shape index (κ2) is 7.96. The van der Waals surface area contributed by atoms with Gasteiger partial charge >= 0.3 is 6.03 Å². The zero-order chi connectivity index (χ0) is 18.6. The molecule has 9 nitrogen and oxygen atoms in total. The van der Waals surface area contributed by atoms with E-state index in [4.69, 9.17) is 15.2 Å². The van der Waals surface area contributed by atoms with Crippen LogP contribution in [0.5, 0.6) is 11.5 Å². The molecule has 132 valence electrons. The predicted molar refractivity (Wildman–Crippen MR) is 94.7 cm³/mol. The maximum absolute atomic E-state index is 11.8. The highest BCUT2D eigenvalue weighted by Crippen LogP contribution is 2.35. The minimum absolute atomic E-state index is 0.219. The molecule has 5 amide bonds. The molecule has 1 fully saturated rings. The normalized spacial score (nSPS) is 13.8. The number of hydrogen-bond donors (Lipinski definition) is 3. The van der Waals surface area contributed by atoms with Gasteiger partial charge in [0.1, 0.15) is 5.57 Å². The third-order valence-electron chi connectivity index (χ3n) is 2.94. The van der Waals surface area contributed by atoms with Gasteiger partial charge in [0, 0.05) is 0 Å². The molecule has 0 aliphatic carbocycles. The monoisotopic (exact) mass is 459 g/mol. The van der Waals surface area contributed by atoms with Gasteiger partial charge in [-0.05, 0) is 53.3 Å². The van der Waals surface area contributed by atoms with E-state index in [0.29, 0.717) is 27.2 Å². The lowest BCUT2D eigenvalue weighted by molar-refractivity contribution is -0.124. The third-order valence-corrected chi connectivity index (χ3v) is 3.75. The van der Waals surface area contributed by atoms with Crippen molar-refractivity contribution in [3.63, 3.8) is 0 Å². The fourth-order valence-corrected chi connectivity index (χ4v) is 2.77. The van der Waals surface area contributed by atoms with Crippen LogP contribution in [0.25, 0.3) is 6.08 Å². The highest BCUT2D eigenvalue weighted by atomic mass is 127. The predicted octanol–water partition coefficient (Wildman–Crippen LogP) is 0.303. The Morgan fingerprint density at radius 1 is 1.20 bits per heavy atom. The molecule has 10 heteroatoms. The highest BCUT2D eigenvalue weighted by molar-refractivity contribution is 14.1. The first kappa shape index (κ1) is 18.7. The number of amides is 5. The van der Waals surface area contributed by atoms with E-state index in [1.54, 1.807) is 19.1 Å². The summed E-state index contributed by atoms with van der Waals surface area (Å²) in [5, 5.41) is 3.98. The van der Waals surface area contributed by atoms with Crippen molar-refractivity contribution in [3.8, 4) is 11.5 Å². The minimum atomic E-state index is -0.869. The Hall–Kier alpha value is -2.63. The van der Waals surface area contributed by atoms with Gasteiger partial charge < -0.3 is 15.2 Å². The van der Waals surface area contributed by atoms with Gasteiger partial charge in [0.05, 0.1) is 10.2 Å². The number of barbiturate groups is 1. The summed E-state index contributed by atoms with van der Waals surface area (Å²) >= 11 is 1.96. The van der Waals surface area contributed by atoms with Crippen LogP contribution >= 0.6 is 22.6 Å². The number of carbonyl (C=O) groups is 4. The molecule has 0 spiro atoms. The van der Waals surface area contributed by atoms with Crippen molar-refractivity contribution in [1.29, 1.82) is 0 Å². The van der Waals surface area contributed by atoms with Crippen molar-refractivity contribution in [2.45, 2.75) is 6.92 Å². The molecule has 2 rings (SSSR count). The first-order valence-electron chi connectivity index (χ1n) is 7.07. The number of benzene rings is 1. The van der Waals surface area contributed by atoms with Gasteiger partial charge in [-0.25, -0.2) is 4.79 Å². The Bertz CT molecular complexity index is 768. The van der Waals surface area contributed by atoms with Crippen molar-refractivity contribution < 1.29 is 28.7 Å². The van der Waals surface area contributed by atoms with E-state index in [1.165, 1.54) is 6.08 Å². The number of primary amides is 1. The van der Waals surface area contributed by atoms with Gasteiger partial charge in [-0.15, -0.1) is 0 Å². The summed E-state index contributed by atoms with van der Waals surface area (Å²) in [6.45, 7) is 1.78. The minimum Gasteiger partial charge on any atom is -0.490 e. The molecule has 0 unspecified atom stereocenters. The molecule has 1 aliphatic heterocycles. The zero-order valence-corrected chi connectivity index (χ0v) is 15.2. The lowest BCUT2D eigenvalue weighted by atomic mass is 10.1. The second-order valence-corrected chi connectivity index (χ2v) is 5.98. The average molecular weight is 459 g/mol. The maximum atomic E-state index is 11.8. The standard InChI is InChI=1S/C15H14IN3O6/c1-2-24-10-5-7(4-9(16)12(10)25-6-11(17)20)3-8-13(21)18-15(23)19-14(8)22/h3-5H,2,6H2,1H3,(H2,17,20)(H2,18,19,21,22,23). The second-order valence-electron chi connectivity index (χ2n) is 4.81. The number of carbonyl (C=O) groups excluding carboxylic acids is 4. The number of rotatable bonds is 6. The van der Waals surface area contributed by atoms with Crippen LogP contribution in [-0.2, 0) is 14.4 Å². The summed E-state index contributed by atoms with van der Waals surface area (Å²) in [6, 6.07) is 2.31. The fraction of sp³-hybridized carbons (Fsp3) is 0.200. The highest BCUT2D eigenvalue weighted by Gasteiger charge is 2.27. The average Bonchev–Trinajstić information content (AvgIpc) is 2.50. The van der Waals surface area contributed by atoms with Gasteiger partial charge in [0.15, 0.2) is 18.1 Å². The summed E-state index contributed by atoms with van der Waals surface area (Å²) in [5.41, 5.74) is 5.34. The summed E-state index contributed by atoms with van der Waals surface area (Å²) in [5.74, 6) is -1.57. The molecule has 1 aliphatic rings. The largest absolute Gasteiger partial charge is 0.490 e.